The van der Waals surface area contributed by atoms with Crippen molar-refractivity contribution < 1.29 is 19.0 Å². The lowest BCUT2D eigenvalue weighted by molar-refractivity contribution is -0.120. The monoisotopic (exact) mass is 408 g/mol. The van der Waals surface area contributed by atoms with Gasteiger partial charge in [-0.15, -0.1) is 0 Å². The Hall–Kier alpha value is -2.99. The number of amides is 1. The number of carbonyl (C=O) groups excluding carboxylic acids is 1. The molecule has 1 aliphatic heterocycles. The molecule has 1 fully saturated rings. The van der Waals surface area contributed by atoms with E-state index in [1.54, 1.807) is 7.11 Å². The SMILES string of the molecule is COc1cc(CNC(=O)Cc2c(C)[nH]c3ccccc23)ccc1OCC1CCCO1. The molecule has 1 aliphatic rings. The summed E-state index contributed by atoms with van der Waals surface area (Å²) >= 11 is 0. The van der Waals surface area contributed by atoms with Crippen LogP contribution < -0.4 is 14.8 Å². The maximum absolute atomic E-state index is 12.6. The first-order valence-corrected chi connectivity index (χ1v) is 10.4. The van der Waals surface area contributed by atoms with Gasteiger partial charge in [-0.05, 0) is 49.1 Å². The fraction of sp³-hybridized carbons (Fsp3) is 0.375. The minimum atomic E-state index is -0.0134. The smallest absolute Gasteiger partial charge is 0.224 e. The molecular formula is C24H28N2O4. The third-order valence-electron chi connectivity index (χ3n) is 5.53. The summed E-state index contributed by atoms with van der Waals surface area (Å²) in [5.74, 6) is 1.34. The molecule has 0 bridgehead atoms. The summed E-state index contributed by atoms with van der Waals surface area (Å²) in [5, 5.41) is 4.10. The first-order valence-electron chi connectivity index (χ1n) is 10.4. The molecule has 1 atom stereocenters. The summed E-state index contributed by atoms with van der Waals surface area (Å²) < 4.78 is 16.9. The molecule has 2 aromatic carbocycles. The molecule has 0 spiro atoms. The van der Waals surface area contributed by atoms with Crippen LogP contribution in [-0.2, 0) is 22.5 Å². The number of hydrogen-bond donors (Lipinski definition) is 2. The van der Waals surface area contributed by atoms with Gasteiger partial charge >= 0.3 is 0 Å². The Morgan fingerprint density at radius 1 is 1.23 bits per heavy atom. The minimum absolute atomic E-state index is 0.0134. The number of fused-ring (bicyclic) bond motifs is 1. The van der Waals surface area contributed by atoms with Crippen LogP contribution >= 0.6 is 0 Å². The molecule has 6 heteroatoms. The number of aromatic nitrogens is 1. The summed E-state index contributed by atoms with van der Waals surface area (Å²) in [6, 6.07) is 13.8. The van der Waals surface area contributed by atoms with E-state index in [0.717, 1.165) is 47.2 Å². The van der Waals surface area contributed by atoms with Crippen LogP contribution in [0, 0.1) is 6.92 Å². The van der Waals surface area contributed by atoms with Crippen molar-refractivity contribution >= 4 is 16.8 Å². The van der Waals surface area contributed by atoms with Gasteiger partial charge in [0.1, 0.15) is 6.61 Å². The van der Waals surface area contributed by atoms with Gasteiger partial charge in [0.25, 0.3) is 0 Å². The molecule has 1 saturated heterocycles. The number of benzene rings is 2. The van der Waals surface area contributed by atoms with Crippen LogP contribution in [0.15, 0.2) is 42.5 Å². The number of methoxy groups -OCH3 is 1. The van der Waals surface area contributed by atoms with Gasteiger partial charge in [0.05, 0.1) is 19.6 Å². The van der Waals surface area contributed by atoms with Crippen molar-refractivity contribution in [3.63, 3.8) is 0 Å². The molecule has 0 aliphatic carbocycles. The average Bonchev–Trinajstić information content (AvgIpc) is 3.39. The molecule has 30 heavy (non-hydrogen) atoms. The van der Waals surface area contributed by atoms with Gasteiger partial charge in [-0.25, -0.2) is 0 Å². The van der Waals surface area contributed by atoms with E-state index in [-0.39, 0.29) is 12.0 Å². The largest absolute Gasteiger partial charge is 0.493 e. The molecule has 2 N–H and O–H groups in total. The zero-order valence-electron chi connectivity index (χ0n) is 17.5. The van der Waals surface area contributed by atoms with Crippen LogP contribution in [0.2, 0.25) is 0 Å². The number of aryl methyl sites for hydroxylation is 1. The lowest BCUT2D eigenvalue weighted by atomic mass is 10.1. The van der Waals surface area contributed by atoms with E-state index in [9.17, 15) is 4.79 Å². The maximum atomic E-state index is 12.6. The summed E-state index contributed by atoms with van der Waals surface area (Å²) in [7, 11) is 1.62. The molecule has 0 radical (unpaired) electrons. The Morgan fingerprint density at radius 3 is 2.90 bits per heavy atom. The summed E-state index contributed by atoms with van der Waals surface area (Å²) in [6.07, 6.45) is 2.61. The van der Waals surface area contributed by atoms with Crippen molar-refractivity contribution in [2.75, 3.05) is 20.3 Å². The topological polar surface area (TPSA) is 72.6 Å². The van der Waals surface area contributed by atoms with Gasteiger partial charge in [0.2, 0.25) is 5.91 Å². The van der Waals surface area contributed by atoms with Gasteiger partial charge in [-0.1, -0.05) is 24.3 Å². The van der Waals surface area contributed by atoms with Gasteiger partial charge in [-0.3, -0.25) is 4.79 Å². The van der Waals surface area contributed by atoms with Crippen LogP contribution in [0.3, 0.4) is 0 Å². The third kappa shape index (κ3) is 4.60. The third-order valence-corrected chi connectivity index (χ3v) is 5.53. The molecule has 4 rings (SSSR count). The second-order valence-electron chi connectivity index (χ2n) is 7.66. The Kier molecular flexibility index (Phi) is 6.23. The normalized spacial score (nSPS) is 16.0. The van der Waals surface area contributed by atoms with Crippen molar-refractivity contribution in [2.24, 2.45) is 0 Å². The Morgan fingerprint density at radius 2 is 2.10 bits per heavy atom. The zero-order chi connectivity index (χ0) is 20.9. The highest BCUT2D eigenvalue weighted by Gasteiger charge is 2.17. The van der Waals surface area contributed by atoms with E-state index in [1.165, 1.54) is 0 Å². The predicted octanol–water partition coefficient (Wildman–Crippen LogP) is 3.90. The van der Waals surface area contributed by atoms with Crippen LogP contribution in [0.4, 0.5) is 0 Å². The molecule has 0 saturated carbocycles. The second-order valence-corrected chi connectivity index (χ2v) is 7.66. The molecule has 6 nitrogen and oxygen atoms in total. The summed E-state index contributed by atoms with van der Waals surface area (Å²) in [4.78, 5) is 15.9. The quantitative estimate of drug-likeness (QED) is 0.593. The number of ether oxygens (including phenoxy) is 3. The van der Waals surface area contributed by atoms with E-state index < -0.39 is 0 Å². The Bertz CT molecular complexity index is 1020. The first kappa shape index (κ1) is 20.3. The van der Waals surface area contributed by atoms with Crippen LogP contribution in [-0.4, -0.2) is 37.3 Å². The number of carbonyl (C=O) groups is 1. The van der Waals surface area contributed by atoms with Crippen molar-refractivity contribution in [1.29, 1.82) is 0 Å². The molecule has 158 valence electrons. The van der Waals surface area contributed by atoms with E-state index >= 15 is 0 Å². The van der Waals surface area contributed by atoms with Gasteiger partial charge in [-0.2, -0.15) is 0 Å². The van der Waals surface area contributed by atoms with Gasteiger partial charge in [0.15, 0.2) is 11.5 Å². The lowest BCUT2D eigenvalue weighted by Gasteiger charge is -2.15. The predicted molar refractivity (Wildman–Crippen MR) is 116 cm³/mol. The Labute approximate surface area is 176 Å². The molecule has 1 amide bonds. The van der Waals surface area contributed by atoms with Crippen molar-refractivity contribution in [2.45, 2.75) is 38.8 Å². The summed E-state index contributed by atoms with van der Waals surface area (Å²) in [6.45, 7) is 3.77. The number of nitrogens with one attached hydrogen (secondary N) is 2. The van der Waals surface area contributed by atoms with E-state index in [2.05, 4.69) is 10.3 Å². The fourth-order valence-electron chi connectivity index (χ4n) is 3.89. The van der Waals surface area contributed by atoms with Gasteiger partial charge < -0.3 is 24.5 Å². The molecule has 1 aromatic heterocycles. The van der Waals surface area contributed by atoms with Crippen molar-refractivity contribution in [1.82, 2.24) is 10.3 Å². The van der Waals surface area contributed by atoms with E-state index in [0.29, 0.717) is 31.1 Å². The van der Waals surface area contributed by atoms with Crippen molar-refractivity contribution in [3.05, 3.63) is 59.3 Å². The lowest BCUT2D eigenvalue weighted by Crippen LogP contribution is -2.24. The standard InChI is InChI=1S/C24H28N2O4/c1-16-20(19-7-3-4-8-21(19)26-16)13-24(27)25-14-17-9-10-22(23(12-17)28-2)30-15-18-6-5-11-29-18/h3-4,7-10,12,18,26H,5-6,11,13-15H2,1-2H3,(H,25,27). The molecular weight excluding hydrogens is 380 g/mol. The second kappa shape index (κ2) is 9.22. The van der Waals surface area contributed by atoms with Crippen molar-refractivity contribution in [3.8, 4) is 11.5 Å². The van der Waals surface area contributed by atoms with E-state index in [1.807, 2.05) is 49.4 Å². The highest BCUT2D eigenvalue weighted by Crippen LogP contribution is 2.29. The average molecular weight is 408 g/mol. The fourth-order valence-corrected chi connectivity index (χ4v) is 3.89. The number of hydrogen-bond acceptors (Lipinski definition) is 4. The maximum Gasteiger partial charge on any atom is 0.224 e. The number of aromatic amines is 1. The number of para-hydroxylation sites is 1. The highest BCUT2D eigenvalue weighted by atomic mass is 16.5. The Balaban J connectivity index is 1.35. The molecule has 2 heterocycles. The molecule has 1 unspecified atom stereocenters. The van der Waals surface area contributed by atoms with Crippen LogP contribution in [0.25, 0.3) is 10.9 Å². The minimum Gasteiger partial charge on any atom is -0.493 e. The van der Waals surface area contributed by atoms with Crippen LogP contribution in [0.1, 0.15) is 29.7 Å². The number of H-pyrrole nitrogens is 1. The highest BCUT2D eigenvalue weighted by molar-refractivity contribution is 5.90. The first-order chi connectivity index (χ1) is 14.6. The van der Waals surface area contributed by atoms with Crippen LogP contribution in [0.5, 0.6) is 11.5 Å². The van der Waals surface area contributed by atoms with Gasteiger partial charge in [0, 0.05) is 29.7 Å². The summed E-state index contributed by atoms with van der Waals surface area (Å²) in [5.41, 5.74) is 4.08. The van der Waals surface area contributed by atoms with E-state index in [4.69, 9.17) is 14.2 Å². The zero-order valence-corrected chi connectivity index (χ0v) is 17.5. The molecule has 3 aromatic rings. The number of rotatable bonds is 8.